The van der Waals surface area contributed by atoms with E-state index in [2.05, 4.69) is 10.6 Å². The number of hydrogen-bond acceptors (Lipinski definition) is 4. The highest BCUT2D eigenvalue weighted by Gasteiger charge is 2.16. The predicted octanol–water partition coefficient (Wildman–Crippen LogP) is 4.08. The average Bonchev–Trinajstić information content (AvgIpc) is 2.82. The number of benzene rings is 2. The van der Waals surface area contributed by atoms with Gasteiger partial charge in [-0.15, -0.1) is 0 Å². The van der Waals surface area contributed by atoms with Gasteiger partial charge in [-0.3, -0.25) is 4.79 Å². The van der Waals surface area contributed by atoms with Crippen molar-refractivity contribution in [3.8, 4) is 11.5 Å². The Bertz CT molecular complexity index is 785. The van der Waals surface area contributed by atoms with Gasteiger partial charge in [0.05, 0.1) is 23.9 Å². The lowest BCUT2D eigenvalue weighted by atomic mass is 10.2. The van der Waals surface area contributed by atoms with Crippen LogP contribution in [0.25, 0.3) is 0 Å². The third kappa shape index (κ3) is 4.33. The van der Waals surface area contributed by atoms with Crippen molar-refractivity contribution < 1.29 is 18.7 Å². The molecular weight excluding hydrogens is 347 g/mol. The van der Waals surface area contributed by atoms with Crippen molar-refractivity contribution >= 4 is 28.9 Å². The van der Waals surface area contributed by atoms with Crippen molar-refractivity contribution in [3.63, 3.8) is 0 Å². The smallest absolute Gasteiger partial charge is 0.246 e. The van der Waals surface area contributed by atoms with Crippen LogP contribution in [0.1, 0.15) is 13.3 Å². The van der Waals surface area contributed by atoms with Gasteiger partial charge in [-0.25, -0.2) is 4.39 Å². The van der Waals surface area contributed by atoms with Crippen LogP contribution in [-0.2, 0) is 4.79 Å². The molecule has 7 heteroatoms. The van der Waals surface area contributed by atoms with E-state index < -0.39 is 11.9 Å². The predicted molar refractivity (Wildman–Crippen MR) is 95.2 cm³/mol. The molecule has 1 heterocycles. The van der Waals surface area contributed by atoms with Crippen LogP contribution in [0.5, 0.6) is 11.5 Å². The van der Waals surface area contributed by atoms with E-state index in [-0.39, 0.29) is 10.9 Å². The first kappa shape index (κ1) is 17.4. The second kappa shape index (κ2) is 7.61. The second-order valence-corrected chi connectivity index (χ2v) is 6.10. The highest BCUT2D eigenvalue weighted by atomic mass is 35.5. The third-order valence-corrected chi connectivity index (χ3v) is 4.03. The van der Waals surface area contributed by atoms with Gasteiger partial charge in [-0.2, -0.15) is 0 Å². The maximum atomic E-state index is 13.1. The molecule has 0 radical (unpaired) electrons. The van der Waals surface area contributed by atoms with Crippen LogP contribution in [0.3, 0.4) is 0 Å². The van der Waals surface area contributed by atoms with Crippen LogP contribution < -0.4 is 20.1 Å². The van der Waals surface area contributed by atoms with Gasteiger partial charge in [-0.05, 0) is 37.3 Å². The highest BCUT2D eigenvalue weighted by Crippen LogP contribution is 2.32. The Morgan fingerprint density at radius 3 is 2.68 bits per heavy atom. The Kier molecular flexibility index (Phi) is 5.28. The molecule has 0 bridgehead atoms. The summed E-state index contributed by atoms with van der Waals surface area (Å²) in [6.45, 7) is 2.93. The summed E-state index contributed by atoms with van der Waals surface area (Å²) in [5, 5.41) is 5.92. The van der Waals surface area contributed by atoms with Gasteiger partial charge in [0.25, 0.3) is 0 Å². The lowest BCUT2D eigenvalue weighted by Gasteiger charge is -2.17. The number of carbonyl (C=O) groups excluding carboxylic acids is 1. The van der Waals surface area contributed by atoms with Gasteiger partial charge in [0.15, 0.2) is 11.5 Å². The summed E-state index contributed by atoms with van der Waals surface area (Å²) in [5.74, 6) is 0.594. The highest BCUT2D eigenvalue weighted by molar-refractivity contribution is 6.33. The summed E-state index contributed by atoms with van der Waals surface area (Å²) in [5.41, 5.74) is 1.09. The Labute approximate surface area is 150 Å². The first-order chi connectivity index (χ1) is 12.0. The fourth-order valence-electron chi connectivity index (χ4n) is 2.40. The molecule has 3 rings (SSSR count). The summed E-state index contributed by atoms with van der Waals surface area (Å²) in [7, 11) is 0. The summed E-state index contributed by atoms with van der Waals surface area (Å²) < 4.78 is 24.3. The van der Waals surface area contributed by atoms with Crippen molar-refractivity contribution in [3.05, 3.63) is 47.2 Å². The van der Waals surface area contributed by atoms with Crippen molar-refractivity contribution in [2.45, 2.75) is 19.4 Å². The maximum Gasteiger partial charge on any atom is 0.246 e. The van der Waals surface area contributed by atoms with Gasteiger partial charge in [0.1, 0.15) is 11.9 Å². The largest absolute Gasteiger partial charge is 0.490 e. The van der Waals surface area contributed by atoms with Crippen LogP contribution in [0, 0.1) is 5.82 Å². The first-order valence-electron chi connectivity index (χ1n) is 7.95. The number of rotatable bonds is 4. The molecule has 0 saturated heterocycles. The first-order valence-corrected chi connectivity index (χ1v) is 8.33. The standard InChI is InChI=1S/C18H18ClFN2O3/c1-11(18(23)22-15-5-3-12(20)9-14(15)19)21-13-4-6-16-17(10-13)25-8-2-7-24-16/h3-6,9-11,21H,2,7-8H2,1H3,(H,22,23)/t11-/m1/s1. The summed E-state index contributed by atoms with van der Waals surface area (Å²) in [4.78, 5) is 12.3. The van der Waals surface area contributed by atoms with Crippen molar-refractivity contribution in [2.75, 3.05) is 23.8 Å². The number of anilines is 2. The SMILES string of the molecule is C[C@@H](Nc1ccc2c(c1)OCCCO2)C(=O)Nc1ccc(F)cc1Cl. The van der Waals surface area contributed by atoms with Crippen LogP contribution in [0.15, 0.2) is 36.4 Å². The van der Waals surface area contributed by atoms with E-state index in [4.69, 9.17) is 21.1 Å². The molecule has 1 atom stereocenters. The zero-order chi connectivity index (χ0) is 17.8. The van der Waals surface area contributed by atoms with Crippen molar-refractivity contribution in [2.24, 2.45) is 0 Å². The molecule has 0 unspecified atom stereocenters. The van der Waals surface area contributed by atoms with Gasteiger partial charge in [-0.1, -0.05) is 11.6 Å². The van der Waals surface area contributed by atoms with Crippen LogP contribution in [0.2, 0.25) is 5.02 Å². The van der Waals surface area contributed by atoms with E-state index in [0.717, 1.165) is 18.2 Å². The number of hydrogen-bond donors (Lipinski definition) is 2. The van der Waals surface area contributed by atoms with Crippen LogP contribution in [-0.4, -0.2) is 25.2 Å². The number of halogens is 2. The van der Waals surface area contributed by atoms with E-state index in [1.165, 1.54) is 12.1 Å². The Hall–Kier alpha value is -2.47. The molecule has 25 heavy (non-hydrogen) atoms. The Morgan fingerprint density at radius 2 is 1.92 bits per heavy atom. The fraction of sp³-hybridized carbons (Fsp3) is 0.278. The van der Waals surface area contributed by atoms with Crippen LogP contribution in [0.4, 0.5) is 15.8 Å². The molecule has 0 aromatic heterocycles. The topological polar surface area (TPSA) is 59.6 Å². The third-order valence-electron chi connectivity index (χ3n) is 3.71. The monoisotopic (exact) mass is 364 g/mol. The molecule has 1 aliphatic heterocycles. The zero-order valence-corrected chi connectivity index (χ0v) is 14.4. The van der Waals surface area contributed by atoms with Gasteiger partial charge < -0.3 is 20.1 Å². The van der Waals surface area contributed by atoms with Gasteiger partial charge in [0.2, 0.25) is 5.91 Å². The number of nitrogens with one attached hydrogen (secondary N) is 2. The molecule has 1 amide bonds. The minimum Gasteiger partial charge on any atom is -0.490 e. The number of fused-ring (bicyclic) bond motifs is 1. The van der Waals surface area contributed by atoms with E-state index in [1.54, 1.807) is 13.0 Å². The molecule has 2 N–H and O–H groups in total. The summed E-state index contributed by atoms with van der Waals surface area (Å²) in [6.07, 6.45) is 0.828. The molecule has 2 aromatic carbocycles. The zero-order valence-electron chi connectivity index (χ0n) is 13.6. The molecule has 0 aliphatic carbocycles. The Balaban J connectivity index is 1.66. The molecule has 132 valence electrons. The number of ether oxygens (including phenoxy) is 2. The Morgan fingerprint density at radius 1 is 1.16 bits per heavy atom. The molecule has 0 spiro atoms. The van der Waals surface area contributed by atoms with Crippen molar-refractivity contribution in [1.82, 2.24) is 0 Å². The average molecular weight is 365 g/mol. The minimum atomic E-state index is -0.536. The molecule has 5 nitrogen and oxygen atoms in total. The number of amides is 1. The minimum absolute atomic E-state index is 0.149. The van der Waals surface area contributed by atoms with E-state index in [0.29, 0.717) is 30.4 Å². The van der Waals surface area contributed by atoms with E-state index in [1.807, 2.05) is 12.1 Å². The van der Waals surface area contributed by atoms with E-state index >= 15 is 0 Å². The van der Waals surface area contributed by atoms with Gasteiger partial charge >= 0.3 is 0 Å². The summed E-state index contributed by atoms with van der Waals surface area (Å²) in [6, 6.07) is 8.71. The number of carbonyl (C=O) groups is 1. The van der Waals surface area contributed by atoms with Crippen molar-refractivity contribution in [1.29, 1.82) is 0 Å². The maximum absolute atomic E-state index is 13.1. The van der Waals surface area contributed by atoms with Crippen LogP contribution >= 0.6 is 11.6 Å². The van der Waals surface area contributed by atoms with Gasteiger partial charge in [0, 0.05) is 18.2 Å². The summed E-state index contributed by atoms with van der Waals surface area (Å²) >= 11 is 5.93. The molecule has 2 aromatic rings. The molecule has 1 aliphatic rings. The normalized spacial score (nSPS) is 14.4. The lowest BCUT2D eigenvalue weighted by molar-refractivity contribution is -0.116. The quantitative estimate of drug-likeness (QED) is 0.858. The fourth-order valence-corrected chi connectivity index (χ4v) is 2.61. The second-order valence-electron chi connectivity index (χ2n) is 5.69. The molecule has 0 saturated carbocycles. The molecular formula is C18H18ClFN2O3. The molecule has 0 fully saturated rings. The van der Waals surface area contributed by atoms with E-state index in [9.17, 15) is 9.18 Å². The lowest BCUT2D eigenvalue weighted by Crippen LogP contribution is -2.32.